The van der Waals surface area contributed by atoms with Crippen LogP contribution in [0.4, 0.5) is 10.1 Å². The molecule has 0 aliphatic carbocycles. The van der Waals surface area contributed by atoms with E-state index in [1.807, 2.05) is 44.2 Å². The molecule has 210 valence electrons. The molecule has 0 spiro atoms. The predicted molar refractivity (Wildman–Crippen MR) is 154 cm³/mol. The summed E-state index contributed by atoms with van der Waals surface area (Å²) in [7, 11) is -3.58. The van der Waals surface area contributed by atoms with Crippen molar-refractivity contribution in [2.45, 2.75) is 51.8 Å². The lowest BCUT2D eigenvalue weighted by molar-refractivity contribution is 0.0790. The minimum atomic E-state index is -3.58. The van der Waals surface area contributed by atoms with Crippen LogP contribution in [0.2, 0.25) is 0 Å². The van der Waals surface area contributed by atoms with Crippen LogP contribution in [0, 0.1) is 5.82 Å². The van der Waals surface area contributed by atoms with Gasteiger partial charge in [-0.1, -0.05) is 49.4 Å². The summed E-state index contributed by atoms with van der Waals surface area (Å²) in [5.74, 6) is -0.739. The van der Waals surface area contributed by atoms with Crippen molar-refractivity contribution in [1.29, 1.82) is 0 Å². The molecule has 3 N–H and O–H groups in total. The molecule has 3 aromatic rings. The Bertz CT molecular complexity index is 1350. The summed E-state index contributed by atoms with van der Waals surface area (Å²) in [6.45, 7) is 6.28. The van der Waals surface area contributed by atoms with Gasteiger partial charge in [0.05, 0.1) is 31.2 Å². The lowest BCUT2D eigenvalue weighted by Gasteiger charge is -2.26. The Balaban J connectivity index is 1.82. The van der Waals surface area contributed by atoms with Gasteiger partial charge in [-0.05, 0) is 73.7 Å². The molecular weight excluding hydrogens is 517 g/mol. The van der Waals surface area contributed by atoms with Gasteiger partial charge in [-0.2, -0.15) is 0 Å². The van der Waals surface area contributed by atoms with Crippen LogP contribution >= 0.6 is 0 Å². The Kier molecular flexibility index (Phi) is 10.2. The van der Waals surface area contributed by atoms with Crippen molar-refractivity contribution in [3.8, 4) is 0 Å². The molecule has 0 aromatic heterocycles. The van der Waals surface area contributed by atoms with E-state index in [0.29, 0.717) is 29.7 Å². The van der Waals surface area contributed by atoms with Gasteiger partial charge >= 0.3 is 0 Å². The zero-order valence-electron chi connectivity index (χ0n) is 23.0. The van der Waals surface area contributed by atoms with Crippen molar-refractivity contribution in [3.63, 3.8) is 0 Å². The van der Waals surface area contributed by atoms with Gasteiger partial charge < -0.3 is 15.8 Å². The first-order valence-corrected chi connectivity index (χ1v) is 14.8. The zero-order valence-corrected chi connectivity index (χ0v) is 23.8. The molecule has 0 aliphatic heterocycles. The maximum absolute atomic E-state index is 13.3. The summed E-state index contributed by atoms with van der Waals surface area (Å²) < 4.78 is 45.7. The van der Waals surface area contributed by atoms with E-state index < -0.39 is 15.6 Å². The first-order valence-electron chi connectivity index (χ1n) is 13.0. The van der Waals surface area contributed by atoms with Crippen LogP contribution in [0.1, 0.15) is 60.3 Å². The molecule has 3 aromatic carbocycles. The van der Waals surface area contributed by atoms with Crippen LogP contribution in [0.3, 0.4) is 0 Å². The number of hydrogen-bond acceptors (Lipinski definition) is 5. The minimum absolute atomic E-state index is 0.146. The van der Waals surface area contributed by atoms with E-state index in [0.717, 1.165) is 17.4 Å². The lowest BCUT2D eigenvalue weighted by Crippen LogP contribution is -2.43. The predicted octanol–water partition coefficient (Wildman–Crippen LogP) is 4.97. The summed E-state index contributed by atoms with van der Waals surface area (Å²) in [6.07, 6.45) is 2.37. The number of nitrogens with one attached hydrogen (secondary N) is 1. The average Bonchev–Trinajstić information content (AvgIpc) is 2.87. The third-order valence-electron chi connectivity index (χ3n) is 6.22. The molecule has 2 atom stereocenters. The second-order valence-corrected chi connectivity index (χ2v) is 12.2. The lowest BCUT2D eigenvalue weighted by atomic mass is 9.95. The minimum Gasteiger partial charge on any atom is -0.375 e. The fourth-order valence-electron chi connectivity index (χ4n) is 4.35. The number of nitrogens with two attached hydrogens (primary N) is 1. The standard InChI is InChI=1S/C30H38FN3O4S/c1-5-15-34(39(4,36)37)28-17-24(20-38-21-30(3,32)19-23-9-7-6-8-10-23)16-26(18-28)29(35)33-22(2)25-11-13-27(31)14-12-25/h6-14,16-18,22H,5,15,19-21,32H2,1-4H3,(H,33,35)/t22-,30?/m1/s1. The largest absolute Gasteiger partial charge is 0.375 e. The van der Waals surface area contributed by atoms with Gasteiger partial charge in [0.25, 0.3) is 5.91 Å². The monoisotopic (exact) mass is 555 g/mol. The molecule has 9 heteroatoms. The number of rotatable bonds is 13. The molecule has 0 radical (unpaired) electrons. The number of carbonyl (C=O) groups excluding carboxylic acids is 1. The van der Waals surface area contributed by atoms with Crippen molar-refractivity contribution in [2.75, 3.05) is 23.7 Å². The molecule has 0 heterocycles. The summed E-state index contributed by atoms with van der Waals surface area (Å²) in [5.41, 5.74) is 9.04. The average molecular weight is 556 g/mol. The van der Waals surface area contributed by atoms with Crippen LogP contribution in [0.5, 0.6) is 0 Å². The number of benzene rings is 3. The number of carbonyl (C=O) groups is 1. The molecular formula is C30H38FN3O4S. The summed E-state index contributed by atoms with van der Waals surface area (Å²) in [4.78, 5) is 13.3. The smallest absolute Gasteiger partial charge is 0.251 e. The Hall–Kier alpha value is -3.27. The van der Waals surface area contributed by atoms with E-state index in [1.54, 1.807) is 37.3 Å². The second kappa shape index (κ2) is 13.2. The molecule has 3 rings (SSSR count). The molecule has 0 bridgehead atoms. The zero-order chi connectivity index (χ0) is 28.6. The summed E-state index contributed by atoms with van der Waals surface area (Å²) >= 11 is 0. The highest BCUT2D eigenvalue weighted by Crippen LogP contribution is 2.24. The SMILES string of the molecule is CCCN(c1cc(COCC(C)(N)Cc2ccccc2)cc(C(=O)N[C@H](C)c2ccc(F)cc2)c1)S(C)(=O)=O. The highest BCUT2D eigenvalue weighted by molar-refractivity contribution is 7.92. The Morgan fingerprint density at radius 3 is 2.36 bits per heavy atom. The summed E-state index contributed by atoms with van der Waals surface area (Å²) in [6, 6.07) is 20.4. The van der Waals surface area contributed by atoms with Crippen LogP contribution in [-0.2, 0) is 27.8 Å². The fraction of sp³-hybridized carbons (Fsp3) is 0.367. The molecule has 0 saturated heterocycles. The van der Waals surface area contributed by atoms with Gasteiger partial charge in [-0.3, -0.25) is 9.10 Å². The van der Waals surface area contributed by atoms with E-state index in [2.05, 4.69) is 5.32 Å². The van der Waals surface area contributed by atoms with Crippen LogP contribution in [0.15, 0.2) is 72.8 Å². The van der Waals surface area contributed by atoms with Gasteiger partial charge in [0.1, 0.15) is 5.82 Å². The number of hydrogen-bond donors (Lipinski definition) is 2. The number of halogens is 1. The topological polar surface area (TPSA) is 102 Å². The molecule has 1 amide bonds. The number of sulfonamides is 1. The Morgan fingerprint density at radius 1 is 1.08 bits per heavy atom. The number of ether oxygens (including phenoxy) is 1. The molecule has 7 nitrogen and oxygen atoms in total. The number of amides is 1. The number of nitrogens with zero attached hydrogens (tertiary/aromatic N) is 1. The van der Waals surface area contributed by atoms with Crippen LogP contribution in [-0.4, -0.2) is 39.3 Å². The maximum atomic E-state index is 13.3. The summed E-state index contributed by atoms with van der Waals surface area (Å²) in [5, 5.41) is 2.91. The van der Waals surface area contributed by atoms with E-state index in [9.17, 15) is 17.6 Å². The molecule has 0 saturated carbocycles. The highest BCUT2D eigenvalue weighted by atomic mass is 32.2. The Labute approximate surface area is 231 Å². The van der Waals surface area contributed by atoms with Gasteiger partial charge in [-0.15, -0.1) is 0 Å². The van der Waals surface area contributed by atoms with Gasteiger partial charge in [-0.25, -0.2) is 12.8 Å². The fourth-order valence-corrected chi connectivity index (χ4v) is 5.35. The first-order chi connectivity index (χ1) is 18.4. The van der Waals surface area contributed by atoms with Gasteiger partial charge in [0, 0.05) is 17.6 Å². The van der Waals surface area contributed by atoms with Crippen LogP contribution < -0.4 is 15.4 Å². The molecule has 0 aliphatic rings. The van der Waals surface area contributed by atoms with Crippen molar-refractivity contribution in [1.82, 2.24) is 5.32 Å². The highest BCUT2D eigenvalue weighted by Gasteiger charge is 2.22. The second-order valence-electron chi connectivity index (χ2n) is 10.3. The molecule has 0 fully saturated rings. The Morgan fingerprint density at radius 2 is 1.74 bits per heavy atom. The quantitative estimate of drug-likeness (QED) is 0.310. The van der Waals surface area contributed by atoms with Crippen molar-refractivity contribution in [3.05, 3.63) is 101 Å². The van der Waals surface area contributed by atoms with E-state index in [4.69, 9.17) is 10.5 Å². The van der Waals surface area contributed by atoms with Crippen molar-refractivity contribution in [2.24, 2.45) is 5.73 Å². The third kappa shape index (κ3) is 9.16. The van der Waals surface area contributed by atoms with Crippen molar-refractivity contribution < 1.29 is 22.3 Å². The molecule has 39 heavy (non-hydrogen) atoms. The van der Waals surface area contributed by atoms with E-state index >= 15 is 0 Å². The normalized spacial score (nSPS) is 13.9. The number of anilines is 1. The maximum Gasteiger partial charge on any atom is 0.251 e. The third-order valence-corrected chi connectivity index (χ3v) is 7.42. The van der Waals surface area contributed by atoms with Crippen molar-refractivity contribution >= 4 is 21.6 Å². The van der Waals surface area contributed by atoms with E-state index in [-0.39, 0.29) is 37.5 Å². The van der Waals surface area contributed by atoms with Gasteiger partial charge in [0.2, 0.25) is 10.0 Å². The van der Waals surface area contributed by atoms with Gasteiger partial charge in [0.15, 0.2) is 0 Å². The molecule has 1 unspecified atom stereocenters. The first kappa shape index (κ1) is 30.3. The van der Waals surface area contributed by atoms with E-state index in [1.165, 1.54) is 16.4 Å². The van der Waals surface area contributed by atoms with Crippen LogP contribution in [0.25, 0.3) is 0 Å².